The first-order chi connectivity index (χ1) is 17.6. The molecule has 0 saturated carbocycles. The van der Waals surface area contributed by atoms with Crippen LogP contribution in [0.5, 0.6) is 5.88 Å². The average molecular weight is 549 g/mol. The van der Waals surface area contributed by atoms with Crippen molar-refractivity contribution in [1.82, 2.24) is 34.7 Å². The summed E-state index contributed by atoms with van der Waals surface area (Å²) in [6, 6.07) is 4.52. The lowest BCUT2D eigenvalue weighted by Crippen LogP contribution is -2.33. The van der Waals surface area contributed by atoms with E-state index in [2.05, 4.69) is 34.9 Å². The fourth-order valence-corrected chi connectivity index (χ4v) is 4.83. The van der Waals surface area contributed by atoms with Gasteiger partial charge in [0.25, 0.3) is 0 Å². The van der Waals surface area contributed by atoms with Crippen LogP contribution in [0.3, 0.4) is 0 Å². The number of ether oxygens (including phenoxy) is 2. The molecule has 4 rings (SSSR count). The first kappa shape index (κ1) is 26.4. The zero-order valence-corrected chi connectivity index (χ0v) is 22.2. The molecule has 13 nitrogen and oxygen atoms in total. The second kappa shape index (κ2) is 10.8. The molecule has 0 spiro atoms. The molecule has 37 heavy (non-hydrogen) atoms. The van der Waals surface area contributed by atoms with Gasteiger partial charge in [0, 0.05) is 25.6 Å². The molecule has 0 amide bonds. The fraction of sp³-hybridized carbons (Fsp3) is 0.364. The van der Waals surface area contributed by atoms with Crippen molar-refractivity contribution in [2.24, 2.45) is 0 Å². The van der Waals surface area contributed by atoms with E-state index in [4.69, 9.17) is 25.5 Å². The van der Waals surface area contributed by atoms with E-state index < -0.39 is 27.4 Å². The lowest BCUT2D eigenvalue weighted by molar-refractivity contribution is 0.0950. The number of hydrogen-bond donors (Lipinski definition) is 1. The molecule has 0 unspecified atom stereocenters. The smallest absolute Gasteiger partial charge is 0.240 e. The summed E-state index contributed by atoms with van der Waals surface area (Å²) in [6.07, 6.45) is 3.32. The first-order valence-corrected chi connectivity index (χ1v) is 13.0. The van der Waals surface area contributed by atoms with Gasteiger partial charge in [0.1, 0.15) is 28.8 Å². The molecule has 4 heterocycles. The minimum Gasteiger partial charge on any atom is -0.481 e. The van der Waals surface area contributed by atoms with Gasteiger partial charge in [0.2, 0.25) is 27.7 Å². The van der Waals surface area contributed by atoms with Gasteiger partial charge in [-0.3, -0.25) is 9.29 Å². The van der Waals surface area contributed by atoms with Crippen LogP contribution >= 0.6 is 11.6 Å². The normalized spacial score (nSPS) is 14.2. The standard InChI is InChI=1S/C22H25ClN8O5S/c1-12-9-26-21(36-12)13(2)31-20(16-7-6-8-17(27-16)34-4)28-29-22(31)30-37(32,33)14(3)18(35-5)19-24-10-15(23)11-25-19/h6-11,13-14,18H,1-5H3,(H,29,30)/t13-,14-,18-/m0/s1. The number of halogens is 1. The highest BCUT2D eigenvalue weighted by molar-refractivity contribution is 7.93. The number of nitrogens with zero attached hydrogens (tertiary/aromatic N) is 7. The minimum atomic E-state index is -4.11. The number of methoxy groups -OCH3 is 2. The predicted molar refractivity (Wildman–Crippen MR) is 134 cm³/mol. The van der Waals surface area contributed by atoms with E-state index in [-0.39, 0.29) is 17.6 Å². The average Bonchev–Trinajstić information content (AvgIpc) is 3.51. The molecule has 0 aliphatic rings. The van der Waals surface area contributed by atoms with Crippen LogP contribution in [0.25, 0.3) is 11.5 Å². The van der Waals surface area contributed by atoms with Gasteiger partial charge in [-0.15, -0.1) is 10.2 Å². The minimum absolute atomic E-state index is 0.0679. The number of pyridine rings is 1. The summed E-state index contributed by atoms with van der Waals surface area (Å²) in [5.41, 5.74) is 0.407. The molecule has 0 aliphatic carbocycles. The highest BCUT2D eigenvalue weighted by Crippen LogP contribution is 2.31. The number of aryl methyl sites for hydroxylation is 1. The number of rotatable bonds is 10. The third-order valence-electron chi connectivity index (χ3n) is 5.54. The monoisotopic (exact) mass is 548 g/mol. The van der Waals surface area contributed by atoms with E-state index >= 15 is 0 Å². The molecule has 15 heteroatoms. The highest BCUT2D eigenvalue weighted by atomic mass is 35.5. The van der Waals surface area contributed by atoms with E-state index in [0.717, 1.165) is 0 Å². The zero-order valence-electron chi connectivity index (χ0n) is 20.7. The third kappa shape index (κ3) is 5.55. The van der Waals surface area contributed by atoms with Crippen LogP contribution in [0.15, 0.2) is 41.2 Å². The van der Waals surface area contributed by atoms with Crippen molar-refractivity contribution in [2.45, 2.75) is 38.2 Å². The predicted octanol–water partition coefficient (Wildman–Crippen LogP) is 3.22. The second-order valence-electron chi connectivity index (χ2n) is 8.04. The van der Waals surface area contributed by atoms with E-state index in [1.807, 2.05) is 0 Å². The lowest BCUT2D eigenvalue weighted by Gasteiger charge is -2.23. The first-order valence-electron chi connectivity index (χ1n) is 11.0. The van der Waals surface area contributed by atoms with Gasteiger partial charge in [-0.2, -0.15) is 0 Å². The van der Waals surface area contributed by atoms with Gasteiger partial charge in [0.05, 0.1) is 18.3 Å². The Balaban J connectivity index is 1.74. The summed E-state index contributed by atoms with van der Waals surface area (Å²) in [5.74, 6) is 1.65. The van der Waals surface area contributed by atoms with Crippen molar-refractivity contribution in [3.05, 3.63) is 59.3 Å². The van der Waals surface area contributed by atoms with Gasteiger partial charge < -0.3 is 13.9 Å². The van der Waals surface area contributed by atoms with Gasteiger partial charge >= 0.3 is 0 Å². The molecule has 1 N–H and O–H groups in total. The Morgan fingerprint density at radius 1 is 1.08 bits per heavy atom. The van der Waals surface area contributed by atoms with Gasteiger partial charge in [0.15, 0.2) is 11.6 Å². The maximum atomic E-state index is 13.5. The van der Waals surface area contributed by atoms with E-state index in [0.29, 0.717) is 28.2 Å². The highest BCUT2D eigenvalue weighted by Gasteiger charge is 2.35. The SMILES string of the molecule is COc1cccc(-c2nnc(NS(=O)(=O)[C@@H](C)[C@H](OC)c3ncc(Cl)cn3)n2[C@@H](C)c2ncc(C)o2)n1. The Morgan fingerprint density at radius 2 is 1.81 bits per heavy atom. The molecule has 0 bridgehead atoms. The summed E-state index contributed by atoms with van der Waals surface area (Å²) in [5, 5.41) is 7.53. The van der Waals surface area contributed by atoms with Crippen LogP contribution in [0.2, 0.25) is 5.02 Å². The molecular formula is C22H25ClN8O5S. The van der Waals surface area contributed by atoms with Crippen LogP contribution in [0, 0.1) is 6.92 Å². The summed E-state index contributed by atoms with van der Waals surface area (Å²) in [6.45, 7) is 5.01. The molecule has 196 valence electrons. The number of anilines is 1. The van der Waals surface area contributed by atoms with Crippen molar-refractivity contribution >= 4 is 27.6 Å². The number of aromatic nitrogens is 7. The Bertz CT molecular complexity index is 1470. The van der Waals surface area contributed by atoms with Crippen LogP contribution in [0.4, 0.5) is 5.95 Å². The molecule has 0 aliphatic heterocycles. The Morgan fingerprint density at radius 3 is 2.43 bits per heavy atom. The maximum absolute atomic E-state index is 13.5. The molecule has 0 saturated heterocycles. The van der Waals surface area contributed by atoms with E-state index in [1.165, 1.54) is 38.1 Å². The van der Waals surface area contributed by atoms with Crippen LogP contribution in [0.1, 0.15) is 43.5 Å². The molecule has 3 atom stereocenters. The molecule has 0 aromatic carbocycles. The van der Waals surface area contributed by atoms with Crippen molar-refractivity contribution < 1.29 is 22.3 Å². The number of nitrogens with one attached hydrogen (secondary N) is 1. The number of sulfonamides is 1. The quantitative estimate of drug-likeness (QED) is 0.310. The van der Waals surface area contributed by atoms with Gasteiger partial charge in [-0.05, 0) is 26.8 Å². The maximum Gasteiger partial charge on any atom is 0.240 e. The topological polar surface area (TPSA) is 160 Å². The van der Waals surface area contributed by atoms with Gasteiger partial charge in [-0.25, -0.2) is 28.4 Å². The Kier molecular flexibility index (Phi) is 7.71. The van der Waals surface area contributed by atoms with E-state index in [9.17, 15) is 8.42 Å². The van der Waals surface area contributed by atoms with Crippen LogP contribution in [-0.2, 0) is 14.8 Å². The largest absolute Gasteiger partial charge is 0.481 e. The second-order valence-corrected chi connectivity index (χ2v) is 10.5. The Labute approximate surface area is 218 Å². The Hall–Kier alpha value is -3.62. The molecule has 4 aromatic rings. The van der Waals surface area contributed by atoms with Crippen molar-refractivity contribution in [3.8, 4) is 17.4 Å². The molecular weight excluding hydrogens is 524 g/mol. The molecule has 0 radical (unpaired) electrons. The number of oxazole rings is 1. The molecule has 0 fully saturated rings. The summed E-state index contributed by atoms with van der Waals surface area (Å²) < 4.78 is 47.4. The molecule has 4 aromatic heterocycles. The summed E-state index contributed by atoms with van der Waals surface area (Å²) in [7, 11) is -1.24. The van der Waals surface area contributed by atoms with Crippen molar-refractivity contribution in [3.63, 3.8) is 0 Å². The van der Waals surface area contributed by atoms with Crippen LogP contribution in [-0.4, -0.2) is 62.6 Å². The lowest BCUT2D eigenvalue weighted by atomic mass is 10.2. The van der Waals surface area contributed by atoms with Crippen molar-refractivity contribution in [2.75, 3.05) is 18.9 Å². The van der Waals surface area contributed by atoms with E-state index in [1.54, 1.807) is 38.2 Å². The third-order valence-corrected chi connectivity index (χ3v) is 7.43. The summed E-state index contributed by atoms with van der Waals surface area (Å²) >= 11 is 5.87. The van der Waals surface area contributed by atoms with Gasteiger partial charge in [-0.1, -0.05) is 17.7 Å². The number of hydrogen-bond acceptors (Lipinski definition) is 11. The van der Waals surface area contributed by atoms with Crippen molar-refractivity contribution in [1.29, 1.82) is 0 Å². The fourth-order valence-electron chi connectivity index (χ4n) is 3.59. The zero-order chi connectivity index (χ0) is 26.7. The summed E-state index contributed by atoms with van der Waals surface area (Å²) in [4.78, 5) is 16.9. The van der Waals surface area contributed by atoms with Crippen LogP contribution < -0.4 is 9.46 Å².